The minimum atomic E-state index is -2.04. The molecule has 3 unspecified atom stereocenters. The van der Waals surface area contributed by atoms with Crippen molar-refractivity contribution in [1.29, 1.82) is 0 Å². The summed E-state index contributed by atoms with van der Waals surface area (Å²) in [6.45, 7) is 20.8. The molecule has 5 rings (SSSR count). The molecule has 0 spiro atoms. The van der Waals surface area contributed by atoms with Gasteiger partial charge in [0, 0.05) is 62.7 Å². The number of primary amides is 2. The van der Waals surface area contributed by atoms with Crippen molar-refractivity contribution in [2.45, 2.75) is 308 Å². The molecule has 0 saturated heterocycles. The number of carboxylic acids is 1. The first-order chi connectivity index (χ1) is 64.9. The molecule has 1 aliphatic heterocycles. The van der Waals surface area contributed by atoms with E-state index in [-0.39, 0.29) is 88.2 Å². The Bertz CT molecular complexity index is 5160. The zero-order chi connectivity index (χ0) is 103. The van der Waals surface area contributed by atoms with Crippen LogP contribution in [-0.4, -0.2) is 246 Å². The number of rotatable bonds is 41. The lowest BCUT2D eigenvalue weighted by atomic mass is 9.89. The topological polar surface area (TPSA) is 662 Å². The van der Waals surface area contributed by atoms with Gasteiger partial charge in [0.1, 0.15) is 53.1 Å². The monoisotopic (exact) mass is 1920 g/mol. The van der Waals surface area contributed by atoms with Crippen molar-refractivity contribution in [3.63, 3.8) is 0 Å². The van der Waals surface area contributed by atoms with Crippen LogP contribution in [0, 0.1) is 41.4 Å². The summed E-state index contributed by atoms with van der Waals surface area (Å²) in [4.78, 5) is 283. The van der Waals surface area contributed by atoms with Gasteiger partial charge in [0.2, 0.25) is 111 Å². The normalized spacial score (nSPS) is 21.6. The average Bonchev–Trinajstić information content (AvgIpc) is 1.73. The van der Waals surface area contributed by atoms with E-state index in [1.54, 1.807) is 88.5 Å². The number of aromatic hydroxyl groups is 1. The molecule has 752 valence electrons. The van der Waals surface area contributed by atoms with E-state index in [2.05, 4.69) is 114 Å². The number of hydrogen-bond acceptors (Lipinski definition) is 29. The maximum atomic E-state index is 15.5. The van der Waals surface area contributed by atoms with Crippen molar-refractivity contribution in [3.8, 4) is 29.4 Å². The standard InChI is InChI=1S/C96H135N19O23/c1-51(2)44-65-50-100-69(38-40-75(97)119)81(125)79(123)54(6)102-92(136)74(48-64-49-99-68-33-27-26-32-67(64)68)113-112-71(47-63-34-36-66(118)37-35-63)83(127)82(126)70(39-41-76(120)121)107-94(138)96(15,115-114-72(46-62-30-24-23-25-31-62)84(128)85(129)77(60(12)116)108-91(135)73(45-52(3)4)106-61(13)117)43-29-22-20-18-16-17-19-21-28-42-95(14,109-90(65)134)93(137)105-59(11)89(133)104-58(10)88(132)103-57(9)87(131)101-53(5)78(122)80(124)55(7)110-111-56(8)86(98)130/h23-27,30-37,49,51-60,65,69-74,77,99-100,110-116,118H,20-22,28-29,38-48,50H2,1-15H3,(H2,97,119)(H2,98,130)(H,101,131)(H,102,136)(H,103,132)(H,104,133)(H,105,137)(H,106,117)(H,107,138)(H,108,135)(H,109,134)(H,120,121)/t53-,54?,55-,56+,57?,58-,59?,60+,65+,69-,70-,71-,72-,73-,74-,77-,95-,96+/m0/s1. The fraction of sp³-hybridized carbons (Fsp3) is 0.542. The van der Waals surface area contributed by atoms with E-state index < -0.39 is 264 Å². The van der Waals surface area contributed by atoms with Crippen LogP contribution in [0.25, 0.3) is 10.9 Å². The molecule has 138 heavy (non-hydrogen) atoms. The zero-order valence-corrected chi connectivity index (χ0v) is 80.7. The van der Waals surface area contributed by atoms with Crippen LogP contribution in [0.3, 0.4) is 0 Å². The Kier molecular flexibility index (Phi) is 46.7. The molecule has 1 aliphatic rings. The van der Waals surface area contributed by atoms with Gasteiger partial charge in [0.05, 0.1) is 60.4 Å². The molecule has 18 atom stereocenters. The van der Waals surface area contributed by atoms with E-state index in [1.165, 1.54) is 93.5 Å². The van der Waals surface area contributed by atoms with Crippen LogP contribution in [0.2, 0.25) is 0 Å². The highest BCUT2D eigenvalue weighted by Gasteiger charge is 2.45. The molecule has 0 bridgehead atoms. The predicted molar refractivity (Wildman–Crippen MR) is 506 cm³/mol. The number of amides is 11. The number of aromatic amines is 1. The maximum absolute atomic E-state index is 15.5. The number of carboxylic acid groups (broad SMARTS) is 1. The SMILES string of the molecule is CC(=O)N[C@@H](CC(C)C)C(=O)N[C@H](C(=O)C(=O)[C@H](Cc1ccccc1)NN[C@]1(C)CCCCC#CC#CCCC[C@@](C)(C(=O)NC(C)C(=O)N[C@@H](C)C(=O)NC(C)C(=O)N[C@@H](C)C(=O)C(=O)[C@H](C)NN[C@H](C)C(N)=O)NC(=O)[C@H](CC(C)C)CN[C@@H](CCC(N)=O)C(=O)C(=O)C(C)NC(=O)[C@H](Cc2c[nH]c3ccccc23)NN[C@@H](Cc2ccc(O)cc2)C(=O)C(=O)[C@H](CCC(=O)O)NC1=O)[C@@H](C)O. The van der Waals surface area contributed by atoms with Gasteiger partial charge in [-0.3, -0.25) is 95.9 Å². The molecule has 0 fully saturated rings. The summed E-state index contributed by atoms with van der Waals surface area (Å²) in [6, 6.07) is -0.372. The van der Waals surface area contributed by atoms with Gasteiger partial charge in [-0.15, -0.1) is 0 Å². The lowest BCUT2D eigenvalue weighted by Gasteiger charge is -2.34. The summed E-state index contributed by atoms with van der Waals surface area (Å²) in [5.74, 6) is -11.1. The van der Waals surface area contributed by atoms with Gasteiger partial charge in [-0.25, -0.2) is 32.6 Å². The third-order valence-corrected chi connectivity index (χ3v) is 23.0. The van der Waals surface area contributed by atoms with Gasteiger partial charge in [0.15, 0.2) is 0 Å². The van der Waals surface area contributed by atoms with E-state index in [1.807, 2.05) is 0 Å². The van der Waals surface area contributed by atoms with Crippen LogP contribution in [0.15, 0.2) is 85.1 Å². The number of Topliss-reactive ketones (excluding diaryl/α,β-unsaturated/α-hetero) is 8. The number of hydrogen-bond donors (Lipinski definition) is 22. The number of carbonyl (C=O) groups is 20. The van der Waals surface area contributed by atoms with E-state index in [9.17, 15) is 87.2 Å². The highest BCUT2D eigenvalue weighted by Crippen LogP contribution is 2.25. The summed E-state index contributed by atoms with van der Waals surface area (Å²) < 4.78 is 0. The number of ketones is 8. The number of phenolic OH excluding ortho intramolecular Hbond substituents is 1. The van der Waals surface area contributed by atoms with E-state index in [4.69, 9.17) is 11.5 Å². The number of nitrogens with one attached hydrogen (secondary N) is 17. The van der Waals surface area contributed by atoms with Crippen LogP contribution in [0.4, 0.5) is 0 Å². The van der Waals surface area contributed by atoms with Crippen LogP contribution in [0.1, 0.15) is 204 Å². The Morgan fingerprint density at radius 1 is 0.529 bits per heavy atom. The minimum Gasteiger partial charge on any atom is -0.508 e. The number of fused-ring (bicyclic) bond motifs is 1. The molecule has 11 amide bonds. The average molecular weight is 1920 g/mol. The number of aliphatic hydroxyl groups excluding tert-OH is 1. The molecule has 0 aliphatic carbocycles. The van der Waals surface area contributed by atoms with Crippen LogP contribution in [-0.2, 0) is 115 Å². The quantitative estimate of drug-likeness (QED) is 0.0139. The third kappa shape index (κ3) is 37.4. The first kappa shape index (κ1) is 115. The summed E-state index contributed by atoms with van der Waals surface area (Å²) in [5.41, 5.74) is 25.2. The van der Waals surface area contributed by atoms with Gasteiger partial charge >= 0.3 is 5.97 Å². The number of benzene rings is 3. The fourth-order valence-electron chi connectivity index (χ4n) is 14.7. The maximum Gasteiger partial charge on any atom is 0.303 e. The Hall–Kier alpha value is -13.2. The molecule has 0 saturated carbocycles. The first-order valence-corrected chi connectivity index (χ1v) is 46.0. The second kappa shape index (κ2) is 55.9. The molecule has 24 N–H and O–H groups in total. The highest BCUT2D eigenvalue weighted by molar-refractivity contribution is 6.43. The number of H-pyrrole nitrogens is 1. The summed E-state index contributed by atoms with van der Waals surface area (Å²) >= 11 is 0. The molecule has 3 aromatic carbocycles. The number of para-hydroxylation sites is 1. The highest BCUT2D eigenvalue weighted by atomic mass is 16.4. The lowest BCUT2D eigenvalue weighted by Crippen LogP contribution is -2.66. The number of nitrogens with two attached hydrogens (primary N) is 2. The second-order valence-electron chi connectivity index (χ2n) is 36.2. The molecule has 42 nitrogen and oxygen atoms in total. The molecule has 0 radical (unpaired) electrons. The van der Waals surface area contributed by atoms with Crippen molar-refractivity contribution < 1.29 is 111 Å². The summed E-state index contributed by atoms with van der Waals surface area (Å²) in [6.07, 6.45) is -3.35. The second-order valence-corrected chi connectivity index (χ2v) is 36.2. The summed E-state index contributed by atoms with van der Waals surface area (Å²) in [5, 5.41) is 58.1. The Morgan fingerprint density at radius 3 is 1.67 bits per heavy atom. The van der Waals surface area contributed by atoms with Crippen molar-refractivity contribution in [3.05, 3.63) is 102 Å². The number of aliphatic hydroxyl groups is 1. The lowest BCUT2D eigenvalue weighted by molar-refractivity contribution is -0.143. The number of carbonyl (C=O) groups excluding carboxylic acids is 19. The van der Waals surface area contributed by atoms with Crippen molar-refractivity contribution in [1.82, 2.24) is 90.7 Å². The van der Waals surface area contributed by atoms with Crippen LogP contribution in [0.5, 0.6) is 5.75 Å². The van der Waals surface area contributed by atoms with Crippen LogP contribution < -0.4 is 97.2 Å². The van der Waals surface area contributed by atoms with Gasteiger partial charge in [-0.2, -0.15) is 0 Å². The van der Waals surface area contributed by atoms with Gasteiger partial charge in [-0.1, -0.05) is 107 Å². The summed E-state index contributed by atoms with van der Waals surface area (Å²) in [7, 11) is 0. The van der Waals surface area contributed by atoms with E-state index >= 15 is 24.0 Å². The molecular formula is C96H135N19O23. The smallest absolute Gasteiger partial charge is 0.303 e. The van der Waals surface area contributed by atoms with Crippen molar-refractivity contribution >= 4 is 128 Å². The van der Waals surface area contributed by atoms with E-state index in [0.29, 0.717) is 27.6 Å². The van der Waals surface area contributed by atoms with E-state index in [0.717, 1.165) is 6.92 Å². The largest absolute Gasteiger partial charge is 0.508 e. The third-order valence-electron chi connectivity index (χ3n) is 23.0. The van der Waals surface area contributed by atoms with Crippen molar-refractivity contribution in [2.75, 3.05) is 6.54 Å². The molecule has 4 aromatic rings. The molecule has 1 aromatic heterocycles. The van der Waals surface area contributed by atoms with Gasteiger partial charge < -0.3 is 84.9 Å². The van der Waals surface area contributed by atoms with Crippen LogP contribution >= 0.6 is 0 Å². The van der Waals surface area contributed by atoms with Gasteiger partial charge in [0.25, 0.3) is 0 Å². The minimum absolute atomic E-state index is 0.0243. The Labute approximate surface area is 801 Å². The van der Waals surface area contributed by atoms with Gasteiger partial charge in [-0.05, 0) is 192 Å². The molecule has 2 heterocycles. The fourth-order valence-corrected chi connectivity index (χ4v) is 14.7. The first-order valence-electron chi connectivity index (χ1n) is 46.0. The number of hydrazine groups is 3. The predicted octanol–water partition coefficient (Wildman–Crippen LogP) is -1.33. The Balaban J connectivity index is 1.61. The molecular weight excluding hydrogens is 1790 g/mol. The number of aromatic nitrogens is 1. The number of phenols is 1. The van der Waals surface area contributed by atoms with Crippen molar-refractivity contribution in [2.24, 2.45) is 29.2 Å². The number of aliphatic carboxylic acids is 1. The Morgan fingerprint density at radius 2 is 1.09 bits per heavy atom. The molecule has 42 heteroatoms. The zero-order valence-electron chi connectivity index (χ0n) is 80.7.